The van der Waals surface area contributed by atoms with E-state index in [1.807, 2.05) is 0 Å². The summed E-state index contributed by atoms with van der Waals surface area (Å²) in [4.78, 5) is 0. The van der Waals surface area contributed by atoms with Gasteiger partial charge in [0.05, 0.1) is 12.0 Å². The van der Waals surface area contributed by atoms with Gasteiger partial charge in [0.25, 0.3) is 0 Å². The lowest BCUT2D eigenvalue weighted by Gasteiger charge is -2.36. The van der Waals surface area contributed by atoms with Gasteiger partial charge in [-0.15, -0.1) is 0 Å². The van der Waals surface area contributed by atoms with E-state index in [-0.39, 0.29) is 22.6 Å². The van der Waals surface area contributed by atoms with E-state index in [9.17, 15) is 16.8 Å². The molecular weight excluding hydrogens is 274 g/mol. The van der Waals surface area contributed by atoms with Crippen LogP contribution in [0, 0.1) is 16.7 Å². The molecule has 5 nitrogen and oxygen atoms in total. The molecular formula is C11H19NO4S2. The molecule has 0 aromatic carbocycles. The smallest absolute Gasteiger partial charge is 0.212 e. The van der Waals surface area contributed by atoms with Gasteiger partial charge in [0, 0.05) is 11.5 Å². The van der Waals surface area contributed by atoms with Crippen molar-refractivity contribution < 1.29 is 16.8 Å². The fraction of sp³-hybridized carbons (Fsp3) is 1.00. The predicted molar refractivity (Wildman–Crippen MR) is 67.8 cm³/mol. The van der Waals surface area contributed by atoms with Crippen LogP contribution in [0.4, 0.5) is 0 Å². The Morgan fingerprint density at radius 3 is 2.39 bits per heavy atom. The van der Waals surface area contributed by atoms with Crippen LogP contribution in [0.15, 0.2) is 0 Å². The summed E-state index contributed by atoms with van der Waals surface area (Å²) in [7, 11) is -7.37. The maximum Gasteiger partial charge on any atom is 0.228 e. The highest BCUT2D eigenvalue weighted by Crippen LogP contribution is 2.70. The van der Waals surface area contributed by atoms with E-state index >= 15 is 0 Å². The summed E-state index contributed by atoms with van der Waals surface area (Å²) >= 11 is 0. The summed E-state index contributed by atoms with van der Waals surface area (Å²) in [5.74, 6) is 0.448. The summed E-state index contributed by atoms with van der Waals surface area (Å²) in [6.45, 7) is 4.21. The Balaban J connectivity index is 2.20. The SMILES string of the molecule is CC1(C)[C@@H]2CC[C@]13CS(=O)(=O)N(S(C)(=O)=O)[C@@H]3C2. The molecule has 0 N–H and O–H groups in total. The van der Waals surface area contributed by atoms with E-state index in [0.29, 0.717) is 12.3 Å². The summed E-state index contributed by atoms with van der Waals surface area (Å²) in [6.07, 6.45) is 3.55. The molecule has 104 valence electrons. The third-order valence-corrected chi connectivity index (χ3v) is 9.77. The minimum absolute atomic E-state index is 0.00123. The molecule has 2 aliphatic carbocycles. The second kappa shape index (κ2) is 3.12. The third kappa shape index (κ3) is 1.25. The molecule has 1 saturated heterocycles. The fourth-order valence-electron chi connectivity index (χ4n) is 4.69. The quantitative estimate of drug-likeness (QED) is 0.716. The lowest BCUT2D eigenvalue weighted by molar-refractivity contribution is 0.132. The van der Waals surface area contributed by atoms with Gasteiger partial charge in [0.15, 0.2) is 0 Å². The Morgan fingerprint density at radius 2 is 1.89 bits per heavy atom. The highest BCUT2D eigenvalue weighted by atomic mass is 32.3. The average Bonchev–Trinajstić information content (AvgIpc) is 2.61. The van der Waals surface area contributed by atoms with E-state index < -0.39 is 20.0 Å². The largest absolute Gasteiger partial charge is 0.228 e. The Morgan fingerprint density at radius 1 is 1.28 bits per heavy atom. The zero-order chi connectivity index (χ0) is 13.6. The average molecular weight is 293 g/mol. The summed E-state index contributed by atoms with van der Waals surface area (Å²) < 4.78 is 48.9. The number of hydrogen-bond donors (Lipinski definition) is 0. The van der Waals surface area contributed by atoms with Crippen molar-refractivity contribution in [2.45, 2.75) is 39.2 Å². The number of fused-ring (bicyclic) bond motifs is 1. The first kappa shape index (κ1) is 12.9. The predicted octanol–water partition coefficient (Wildman–Crippen LogP) is 0.786. The van der Waals surface area contributed by atoms with Crippen molar-refractivity contribution in [2.75, 3.05) is 12.0 Å². The number of rotatable bonds is 1. The molecule has 1 aliphatic heterocycles. The van der Waals surface area contributed by atoms with Crippen LogP contribution in [0.1, 0.15) is 33.1 Å². The van der Waals surface area contributed by atoms with E-state index in [0.717, 1.165) is 22.8 Å². The Hall–Kier alpha value is -0.140. The number of hydrogen-bond acceptors (Lipinski definition) is 4. The van der Waals surface area contributed by atoms with E-state index in [4.69, 9.17) is 0 Å². The van der Waals surface area contributed by atoms with Crippen LogP contribution in [-0.2, 0) is 20.0 Å². The van der Waals surface area contributed by atoms with Gasteiger partial charge in [0.1, 0.15) is 0 Å². The molecule has 0 unspecified atom stereocenters. The minimum atomic E-state index is -3.70. The molecule has 0 radical (unpaired) electrons. The van der Waals surface area contributed by atoms with Crippen LogP contribution in [0.2, 0.25) is 0 Å². The molecule has 7 heteroatoms. The van der Waals surface area contributed by atoms with Crippen LogP contribution in [0.3, 0.4) is 0 Å². The van der Waals surface area contributed by atoms with Gasteiger partial charge >= 0.3 is 0 Å². The molecule has 1 heterocycles. The van der Waals surface area contributed by atoms with Gasteiger partial charge in [-0.2, -0.15) is 0 Å². The van der Waals surface area contributed by atoms with Crippen LogP contribution in [0.25, 0.3) is 0 Å². The van der Waals surface area contributed by atoms with Crippen molar-refractivity contribution in [3.63, 3.8) is 0 Å². The number of nitrogens with zero attached hydrogens (tertiary/aromatic N) is 1. The highest BCUT2D eigenvalue weighted by Gasteiger charge is 2.72. The normalized spacial score (nSPS) is 45.3. The van der Waals surface area contributed by atoms with Crippen molar-refractivity contribution in [3.8, 4) is 0 Å². The fourth-order valence-corrected chi connectivity index (χ4v) is 9.41. The van der Waals surface area contributed by atoms with Gasteiger partial charge in [-0.1, -0.05) is 17.6 Å². The monoisotopic (exact) mass is 293 g/mol. The molecule has 2 bridgehead atoms. The van der Waals surface area contributed by atoms with E-state index in [1.165, 1.54) is 0 Å². The van der Waals surface area contributed by atoms with E-state index in [1.54, 1.807) is 0 Å². The minimum Gasteiger partial charge on any atom is -0.212 e. The molecule has 0 amide bonds. The molecule has 0 aromatic rings. The standard InChI is InChI=1S/C11H19NO4S2/c1-10(2)8-4-5-11(10)7-18(15,16)12(9(11)6-8)17(3,13)14/h8-9H,4-7H2,1-3H3/t8-,9-,11-/m1/s1. The van der Waals surface area contributed by atoms with Gasteiger partial charge in [0.2, 0.25) is 20.0 Å². The molecule has 3 atom stereocenters. The highest BCUT2D eigenvalue weighted by molar-refractivity contribution is 8.04. The molecule has 3 fully saturated rings. The topological polar surface area (TPSA) is 71.5 Å². The van der Waals surface area contributed by atoms with Crippen LogP contribution < -0.4 is 0 Å². The summed E-state index contributed by atoms with van der Waals surface area (Å²) in [5, 5.41) is 0. The van der Waals surface area contributed by atoms with E-state index in [2.05, 4.69) is 13.8 Å². The van der Waals surface area contributed by atoms with Gasteiger partial charge in [-0.25, -0.2) is 16.8 Å². The van der Waals surface area contributed by atoms with Crippen LogP contribution in [-0.4, -0.2) is 38.6 Å². The van der Waals surface area contributed by atoms with Gasteiger partial charge in [-0.05, 0) is 30.6 Å². The van der Waals surface area contributed by atoms with Crippen LogP contribution >= 0.6 is 0 Å². The maximum absolute atomic E-state index is 12.2. The Kier molecular flexibility index (Phi) is 2.23. The second-order valence-electron chi connectivity index (χ2n) is 6.61. The summed E-state index contributed by atoms with van der Waals surface area (Å²) in [5.41, 5.74) is -0.441. The van der Waals surface area contributed by atoms with Gasteiger partial charge < -0.3 is 0 Å². The first-order valence-electron chi connectivity index (χ1n) is 6.25. The van der Waals surface area contributed by atoms with Crippen molar-refractivity contribution in [1.82, 2.24) is 3.71 Å². The molecule has 0 aromatic heterocycles. The summed E-state index contributed by atoms with van der Waals surface area (Å²) in [6, 6.07) is -0.341. The molecule has 3 aliphatic rings. The third-order valence-electron chi connectivity index (χ3n) is 5.68. The zero-order valence-corrected chi connectivity index (χ0v) is 12.5. The molecule has 3 rings (SSSR count). The maximum atomic E-state index is 12.2. The lowest BCUT2D eigenvalue weighted by Crippen LogP contribution is -2.43. The Bertz CT molecular complexity index is 607. The first-order valence-corrected chi connectivity index (χ1v) is 9.70. The van der Waals surface area contributed by atoms with Crippen molar-refractivity contribution in [1.29, 1.82) is 0 Å². The number of sulfonamides is 2. The first-order chi connectivity index (χ1) is 8.02. The molecule has 18 heavy (non-hydrogen) atoms. The zero-order valence-electron chi connectivity index (χ0n) is 10.9. The van der Waals surface area contributed by atoms with Crippen molar-refractivity contribution in [3.05, 3.63) is 0 Å². The Labute approximate surface area is 109 Å². The van der Waals surface area contributed by atoms with Crippen molar-refractivity contribution >= 4 is 20.0 Å². The molecule has 2 saturated carbocycles. The lowest BCUT2D eigenvalue weighted by atomic mass is 9.69. The van der Waals surface area contributed by atoms with Crippen molar-refractivity contribution in [2.24, 2.45) is 16.7 Å². The second-order valence-corrected chi connectivity index (χ2v) is 10.5. The van der Waals surface area contributed by atoms with Crippen LogP contribution in [0.5, 0.6) is 0 Å². The molecule has 1 spiro atoms. The van der Waals surface area contributed by atoms with Gasteiger partial charge in [-0.3, -0.25) is 0 Å².